The van der Waals surface area contributed by atoms with Gasteiger partial charge < -0.3 is 4.90 Å². The molecule has 5 heteroatoms. The number of amides is 1. The molecule has 1 fully saturated rings. The Morgan fingerprint density at radius 2 is 1.78 bits per heavy atom. The minimum absolute atomic E-state index is 0.112. The largest absolute Gasteiger partial charge is 0.334 e. The van der Waals surface area contributed by atoms with Gasteiger partial charge >= 0.3 is 0 Å². The molecule has 3 heterocycles. The number of fused-ring (bicyclic) bond motifs is 1. The Morgan fingerprint density at radius 3 is 2.61 bits per heavy atom. The van der Waals surface area contributed by atoms with Crippen molar-refractivity contribution in [2.75, 3.05) is 6.54 Å². The lowest BCUT2D eigenvalue weighted by molar-refractivity contribution is 0.0780. The summed E-state index contributed by atoms with van der Waals surface area (Å²) in [5.74, 6) is 0.849. The molecule has 0 atom stereocenters. The second-order valence-electron chi connectivity index (χ2n) is 10.3. The topological polar surface area (TPSA) is 51.0 Å². The molecular weight excluding hydrogens is 444 g/mol. The molecule has 1 aliphatic carbocycles. The van der Waals surface area contributed by atoms with Gasteiger partial charge in [0.25, 0.3) is 5.91 Å². The predicted octanol–water partition coefficient (Wildman–Crippen LogP) is 6.31. The van der Waals surface area contributed by atoms with E-state index >= 15 is 0 Å². The van der Waals surface area contributed by atoms with Gasteiger partial charge in [0.2, 0.25) is 0 Å². The zero-order valence-corrected chi connectivity index (χ0v) is 20.9. The highest BCUT2D eigenvalue weighted by Crippen LogP contribution is 2.34. The van der Waals surface area contributed by atoms with Crippen LogP contribution in [-0.4, -0.2) is 32.1 Å². The highest BCUT2D eigenvalue weighted by molar-refractivity contribution is 6.00. The Bertz CT molecular complexity index is 1380. The number of hydrogen-bond donors (Lipinski definition) is 0. The number of pyridine rings is 1. The van der Waals surface area contributed by atoms with Gasteiger partial charge in [0.15, 0.2) is 0 Å². The second-order valence-corrected chi connectivity index (χ2v) is 10.3. The molecule has 6 rings (SSSR count). The van der Waals surface area contributed by atoms with Gasteiger partial charge in [-0.1, -0.05) is 61.4 Å². The normalized spacial score (nSPS) is 15.6. The van der Waals surface area contributed by atoms with Crippen LogP contribution in [0.1, 0.15) is 52.9 Å². The Labute approximate surface area is 212 Å². The maximum atomic E-state index is 13.3. The third kappa shape index (κ3) is 4.58. The van der Waals surface area contributed by atoms with Crippen molar-refractivity contribution in [1.82, 2.24) is 19.7 Å². The number of aryl methyl sites for hydroxylation is 1. The maximum Gasteiger partial charge on any atom is 0.254 e. The fourth-order valence-electron chi connectivity index (χ4n) is 5.67. The third-order valence-corrected chi connectivity index (χ3v) is 7.67. The van der Waals surface area contributed by atoms with E-state index in [1.54, 1.807) is 0 Å². The molecule has 0 saturated heterocycles. The van der Waals surface area contributed by atoms with E-state index in [1.807, 2.05) is 42.3 Å². The lowest BCUT2D eigenvalue weighted by Gasteiger charge is -2.15. The molecule has 2 aromatic heterocycles. The summed E-state index contributed by atoms with van der Waals surface area (Å²) in [6.45, 7) is 4.39. The molecule has 0 radical (unpaired) electrons. The van der Waals surface area contributed by atoms with E-state index in [9.17, 15) is 4.79 Å². The van der Waals surface area contributed by atoms with Gasteiger partial charge in [0, 0.05) is 53.8 Å². The first-order valence-corrected chi connectivity index (χ1v) is 13.1. The van der Waals surface area contributed by atoms with Gasteiger partial charge in [-0.3, -0.25) is 14.5 Å². The zero-order chi connectivity index (χ0) is 24.5. The van der Waals surface area contributed by atoms with E-state index in [1.165, 1.54) is 31.2 Å². The van der Waals surface area contributed by atoms with E-state index in [0.29, 0.717) is 6.54 Å². The summed E-state index contributed by atoms with van der Waals surface area (Å²) >= 11 is 0. The smallest absolute Gasteiger partial charge is 0.254 e. The van der Waals surface area contributed by atoms with Gasteiger partial charge in [-0.2, -0.15) is 5.10 Å². The van der Waals surface area contributed by atoms with E-state index in [2.05, 4.69) is 52.4 Å². The summed E-state index contributed by atoms with van der Waals surface area (Å²) < 4.78 is 2.09. The average molecular weight is 477 g/mol. The Balaban J connectivity index is 1.25. The molecule has 1 amide bonds. The number of carbonyl (C=O) groups excluding carboxylic acids is 1. The molecule has 1 aliphatic heterocycles. The standard InChI is InChI=1S/C31H32N4O/c1-22-11-14-28(27-18-32-35(21-27)19-24-9-5-6-10-24)30(33-22)25-12-13-26-20-34(31(36)29(26)17-25)16-15-23-7-3-2-4-8-23/h2-4,7-8,11-14,17-18,21,24H,5-6,9-10,15-16,19-20H2,1H3. The summed E-state index contributed by atoms with van der Waals surface area (Å²) in [4.78, 5) is 20.2. The summed E-state index contributed by atoms with van der Waals surface area (Å²) in [6, 6.07) is 20.8. The van der Waals surface area contributed by atoms with Crippen molar-refractivity contribution < 1.29 is 4.79 Å². The second kappa shape index (κ2) is 9.73. The van der Waals surface area contributed by atoms with Crippen LogP contribution in [-0.2, 0) is 19.5 Å². The summed E-state index contributed by atoms with van der Waals surface area (Å²) in [5, 5.41) is 4.67. The molecule has 2 aliphatic rings. The van der Waals surface area contributed by atoms with Crippen LogP contribution in [0.4, 0.5) is 0 Å². The van der Waals surface area contributed by atoms with Crippen LogP contribution in [0.2, 0.25) is 0 Å². The fraction of sp³-hybridized carbons (Fsp3) is 0.323. The average Bonchev–Trinajstić information content (AvgIpc) is 3.65. The molecule has 0 bridgehead atoms. The first-order valence-electron chi connectivity index (χ1n) is 13.1. The molecule has 36 heavy (non-hydrogen) atoms. The molecule has 182 valence electrons. The summed E-state index contributed by atoms with van der Waals surface area (Å²) in [5.41, 5.74) is 8.13. The van der Waals surface area contributed by atoms with E-state index < -0.39 is 0 Å². The molecule has 5 nitrogen and oxygen atoms in total. The van der Waals surface area contributed by atoms with Crippen LogP contribution in [0.25, 0.3) is 22.4 Å². The number of hydrogen-bond acceptors (Lipinski definition) is 3. The van der Waals surface area contributed by atoms with Crippen molar-refractivity contribution in [1.29, 1.82) is 0 Å². The minimum atomic E-state index is 0.112. The van der Waals surface area contributed by atoms with Gasteiger partial charge in [-0.05, 0) is 55.4 Å². The van der Waals surface area contributed by atoms with E-state index in [0.717, 1.165) is 64.6 Å². The molecule has 1 saturated carbocycles. The predicted molar refractivity (Wildman–Crippen MR) is 142 cm³/mol. The van der Waals surface area contributed by atoms with Crippen molar-refractivity contribution >= 4 is 5.91 Å². The first-order chi connectivity index (χ1) is 17.6. The van der Waals surface area contributed by atoms with Gasteiger partial charge in [0.05, 0.1) is 11.9 Å². The number of aromatic nitrogens is 3. The minimum Gasteiger partial charge on any atom is -0.334 e. The van der Waals surface area contributed by atoms with Crippen LogP contribution >= 0.6 is 0 Å². The van der Waals surface area contributed by atoms with E-state index in [4.69, 9.17) is 4.98 Å². The van der Waals surface area contributed by atoms with Crippen LogP contribution in [0.15, 0.2) is 73.1 Å². The highest BCUT2D eigenvalue weighted by atomic mass is 16.2. The fourth-order valence-corrected chi connectivity index (χ4v) is 5.67. The third-order valence-electron chi connectivity index (χ3n) is 7.67. The van der Waals surface area contributed by atoms with Crippen LogP contribution in [0, 0.1) is 12.8 Å². The van der Waals surface area contributed by atoms with Gasteiger partial charge in [-0.25, -0.2) is 0 Å². The number of nitrogens with zero attached hydrogens (tertiary/aromatic N) is 4. The van der Waals surface area contributed by atoms with Crippen LogP contribution in [0.3, 0.4) is 0 Å². The quantitative estimate of drug-likeness (QED) is 0.314. The lowest BCUT2D eigenvalue weighted by atomic mass is 9.98. The zero-order valence-electron chi connectivity index (χ0n) is 20.9. The van der Waals surface area contributed by atoms with Gasteiger partial charge in [0.1, 0.15) is 0 Å². The van der Waals surface area contributed by atoms with Crippen molar-refractivity contribution in [2.24, 2.45) is 5.92 Å². The van der Waals surface area contributed by atoms with Crippen LogP contribution in [0.5, 0.6) is 0 Å². The molecule has 0 unspecified atom stereocenters. The number of rotatable bonds is 7. The molecular formula is C31H32N4O. The SMILES string of the molecule is Cc1ccc(-c2cnn(CC3CCCC3)c2)c(-c2ccc3c(c2)C(=O)N(CCc2ccccc2)C3)n1. The molecule has 4 aromatic rings. The summed E-state index contributed by atoms with van der Waals surface area (Å²) in [6.07, 6.45) is 10.3. The Kier molecular flexibility index (Phi) is 6.14. The summed E-state index contributed by atoms with van der Waals surface area (Å²) in [7, 11) is 0. The van der Waals surface area contributed by atoms with Crippen molar-refractivity contribution in [2.45, 2.75) is 52.1 Å². The Morgan fingerprint density at radius 1 is 0.944 bits per heavy atom. The monoisotopic (exact) mass is 476 g/mol. The maximum absolute atomic E-state index is 13.3. The van der Waals surface area contributed by atoms with Crippen molar-refractivity contribution in [3.63, 3.8) is 0 Å². The molecule has 0 N–H and O–H groups in total. The number of carbonyl (C=O) groups is 1. The number of benzene rings is 2. The Hall–Kier alpha value is -3.73. The molecule has 2 aromatic carbocycles. The van der Waals surface area contributed by atoms with Crippen LogP contribution < -0.4 is 0 Å². The first kappa shape index (κ1) is 22.7. The van der Waals surface area contributed by atoms with Crippen molar-refractivity contribution in [3.8, 4) is 22.4 Å². The lowest BCUT2D eigenvalue weighted by Crippen LogP contribution is -2.26. The highest BCUT2D eigenvalue weighted by Gasteiger charge is 2.28. The van der Waals surface area contributed by atoms with Crippen molar-refractivity contribution in [3.05, 3.63) is 95.4 Å². The van der Waals surface area contributed by atoms with E-state index in [-0.39, 0.29) is 5.91 Å². The van der Waals surface area contributed by atoms with Gasteiger partial charge in [-0.15, -0.1) is 0 Å². The molecule has 0 spiro atoms.